The van der Waals surface area contributed by atoms with E-state index in [4.69, 9.17) is 0 Å². The van der Waals surface area contributed by atoms with Gasteiger partial charge in [0.05, 0.1) is 12.8 Å². The third-order valence-corrected chi connectivity index (χ3v) is 3.59. The summed E-state index contributed by atoms with van der Waals surface area (Å²) >= 11 is 0. The zero-order valence-electron chi connectivity index (χ0n) is 16.2. The normalized spacial score (nSPS) is 9.29. The number of aliphatic carboxylic acids is 2. The van der Waals surface area contributed by atoms with Gasteiger partial charge >= 0.3 is 17.1 Å². The first-order chi connectivity index (χ1) is 14.2. The Morgan fingerprint density at radius 2 is 0.806 bits per heavy atom. The second-order valence-corrected chi connectivity index (χ2v) is 6.11. The largest absolute Gasteiger partial charge is 2.00 e. The monoisotopic (exact) mass is 473 g/mol. The minimum absolute atomic E-state index is 0. The molecule has 0 saturated carbocycles. The molecule has 0 saturated heterocycles. The van der Waals surface area contributed by atoms with Gasteiger partial charge < -0.3 is 19.8 Å². The van der Waals surface area contributed by atoms with Crippen molar-refractivity contribution in [3.63, 3.8) is 0 Å². The van der Waals surface area contributed by atoms with Crippen molar-refractivity contribution in [1.29, 1.82) is 0 Å². The van der Waals surface area contributed by atoms with E-state index in [0.29, 0.717) is 11.1 Å². The van der Waals surface area contributed by atoms with Crippen LogP contribution in [0.5, 0.6) is 0 Å². The second kappa shape index (κ2) is 14.5. The van der Waals surface area contributed by atoms with Crippen LogP contribution in [0.4, 0.5) is 0 Å². The molecule has 2 aromatic rings. The van der Waals surface area contributed by atoms with Gasteiger partial charge in [0.1, 0.15) is 11.6 Å². The second-order valence-electron chi connectivity index (χ2n) is 6.11. The third-order valence-electron chi connectivity index (χ3n) is 3.59. The summed E-state index contributed by atoms with van der Waals surface area (Å²) in [5.41, 5.74) is 0.813. The van der Waals surface area contributed by atoms with Gasteiger partial charge in [-0.3, -0.25) is 19.2 Å². The standard InChI is InChI=1S/2C11H10O4.Cu/c2*12-9(7-11(14)15)6-10(13)8-4-2-1-3-5-8;/h2*1-5H,6-7H2,(H,14,15);/q;;+2/p-2. The summed E-state index contributed by atoms with van der Waals surface area (Å²) in [4.78, 5) is 65.0. The van der Waals surface area contributed by atoms with Gasteiger partial charge in [-0.2, -0.15) is 0 Å². The summed E-state index contributed by atoms with van der Waals surface area (Å²) in [6.45, 7) is 0. The topological polar surface area (TPSA) is 149 Å². The Morgan fingerprint density at radius 1 is 0.516 bits per heavy atom. The van der Waals surface area contributed by atoms with E-state index in [1.54, 1.807) is 60.7 Å². The van der Waals surface area contributed by atoms with Gasteiger partial charge in [0.25, 0.3) is 0 Å². The SMILES string of the molecule is O=C([O-])CC(=O)CC(=O)c1ccccc1.O=C([O-])CC(=O)CC(=O)c1ccccc1.[Cu+2]. The maximum atomic E-state index is 11.4. The molecular formula is C22H18CuO8. The Labute approximate surface area is 188 Å². The molecule has 31 heavy (non-hydrogen) atoms. The summed E-state index contributed by atoms with van der Waals surface area (Å²) in [6, 6.07) is 16.5. The van der Waals surface area contributed by atoms with Crippen LogP contribution in [-0.4, -0.2) is 35.1 Å². The zero-order valence-corrected chi connectivity index (χ0v) is 17.1. The van der Waals surface area contributed by atoms with E-state index in [-0.39, 0.29) is 28.6 Å². The van der Waals surface area contributed by atoms with Crippen LogP contribution < -0.4 is 10.2 Å². The molecule has 2 rings (SSSR count). The van der Waals surface area contributed by atoms with Gasteiger partial charge in [-0.05, 0) is 0 Å². The van der Waals surface area contributed by atoms with Crippen LogP contribution in [0.3, 0.4) is 0 Å². The molecule has 0 unspecified atom stereocenters. The number of rotatable bonds is 10. The van der Waals surface area contributed by atoms with Crippen molar-refractivity contribution in [2.45, 2.75) is 25.7 Å². The predicted molar refractivity (Wildman–Crippen MR) is 100 cm³/mol. The van der Waals surface area contributed by atoms with Crippen molar-refractivity contribution < 1.29 is 56.0 Å². The number of benzene rings is 2. The number of hydrogen-bond donors (Lipinski definition) is 0. The van der Waals surface area contributed by atoms with Gasteiger partial charge in [-0.15, -0.1) is 0 Å². The molecule has 0 aliphatic rings. The minimum Gasteiger partial charge on any atom is -0.550 e. The van der Waals surface area contributed by atoms with E-state index in [9.17, 15) is 39.0 Å². The van der Waals surface area contributed by atoms with Crippen LogP contribution in [0.15, 0.2) is 60.7 Å². The molecule has 0 N–H and O–H groups in total. The van der Waals surface area contributed by atoms with Crippen LogP contribution in [0, 0.1) is 0 Å². The molecule has 0 atom stereocenters. The molecule has 0 aliphatic heterocycles. The Hall–Kier alpha value is -3.42. The maximum absolute atomic E-state index is 11.4. The van der Waals surface area contributed by atoms with E-state index in [0.717, 1.165) is 0 Å². The first-order valence-corrected chi connectivity index (χ1v) is 8.78. The third kappa shape index (κ3) is 12.0. The molecule has 0 bridgehead atoms. The fourth-order valence-corrected chi connectivity index (χ4v) is 2.26. The first-order valence-electron chi connectivity index (χ1n) is 8.78. The smallest absolute Gasteiger partial charge is 0.550 e. The average molecular weight is 474 g/mol. The number of carbonyl (C=O) groups is 6. The quantitative estimate of drug-likeness (QED) is 0.264. The molecule has 0 fully saturated rings. The Balaban J connectivity index is 0.000000562. The van der Waals surface area contributed by atoms with Crippen molar-refractivity contribution in [1.82, 2.24) is 0 Å². The molecule has 0 spiro atoms. The van der Waals surface area contributed by atoms with Crippen LogP contribution in [0.1, 0.15) is 46.4 Å². The van der Waals surface area contributed by atoms with Crippen LogP contribution in [0.25, 0.3) is 0 Å². The van der Waals surface area contributed by atoms with Gasteiger partial charge in [-0.1, -0.05) is 60.7 Å². The summed E-state index contributed by atoms with van der Waals surface area (Å²) in [5.74, 6) is -4.93. The number of carbonyl (C=O) groups excluding carboxylic acids is 6. The molecular weight excluding hydrogens is 456 g/mol. The molecule has 0 aromatic heterocycles. The van der Waals surface area contributed by atoms with Crippen molar-refractivity contribution in [2.75, 3.05) is 0 Å². The van der Waals surface area contributed by atoms with Crippen molar-refractivity contribution in [3.05, 3.63) is 71.8 Å². The van der Waals surface area contributed by atoms with Crippen LogP contribution >= 0.6 is 0 Å². The fourth-order valence-electron chi connectivity index (χ4n) is 2.26. The number of Topliss-reactive ketones (excluding diaryl/α,β-unsaturated/α-hetero) is 4. The van der Waals surface area contributed by atoms with Crippen LogP contribution in [-0.2, 0) is 36.2 Å². The van der Waals surface area contributed by atoms with E-state index in [1.807, 2.05) is 0 Å². The summed E-state index contributed by atoms with van der Waals surface area (Å²) in [5, 5.41) is 20.2. The zero-order chi connectivity index (χ0) is 22.5. The Morgan fingerprint density at radius 3 is 1.06 bits per heavy atom. The van der Waals surface area contributed by atoms with E-state index in [1.165, 1.54) is 0 Å². The maximum Gasteiger partial charge on any atom is 2.00 e. The summed E-state index contributed by atoms with van der Waals surface area (Å²) in [6.07, 6.45) is -2.20. The van der Waals surface area contributed by atoms with Gasteiger partial charge in [-0.25, -0.2) is 0 Å². The number of hydrogen-bond acceptors (Lipinski definition) is 8. The average Bonchev–Trinajstić information content (AvgIpc) is 2.68. The van der Waals surface area contributed by atoms with Gasteiger partial charge in [0.15, 0.2) is 11.6 Å². The molecule has 2 aromatic carbocycles. The van der Waals surface area contributed by atoms with Gasteiger partial charge in [0, 0.05) is 35.9 Å². The molecule has 0 heterocycles. The molecule has 8 nitrogen and oxygen atoms in total. The Kier molecular flexibility index (Phi) is 12.9. The van der Waals surface area contributed by atoms with Crippen molar-refractivity contribution >= 4 is 35.1 Å². The molecule has 1 radical (unpaired) electrons. The Bertz CT molecular complexity index is 846. The van der Waals surface area contributed by atoms with E-state index < -0.39 is 49.2 Å². The fraction of sp³-hybridized carbons (Fsp3) is 0.182. The molecule has 0 amide bonds. The van der Waals surface area contributed by atoms with Crippen molar-refractivity contribution in [3.8, 4) is 0 Å². The molecule has 0 aliphatic carbocycles. The first kappa shape index (κ1) is 27.6. The minimum atomic E-state index is -1.46. The van der Waals surface area contributed by atoms with E-state index in [2.05, 4.69) is 0 Å². The van der Waals surface area contributed by atoms with Gasteiger partial charge in [0.2, 0.25) is 0 Å². The predicted octanol–water partition coefficient (Wildman–Crippen LogP) is -0.0655. The number of carboxylic acids is 2. The summed E-state index contributed by atoms with van der Waals surface area (Å²) in [7, 11) is 0. The molecule has 165 valence electrons. The number of ketones is 4. The van der Waals surface area contributed by atoms with E-state index >= 15 is 0 Å². The number of carboxylic acid groups (broad SMARTS) is 2. The van der Waals surface area contributed by atoms with Crippen molar-refractivity contribution in [2.24, 2.45) is 0 Å². The summed E-state index contributed by atoms with van der Waals surface area (Å²) < 4.78 is 0. The molecule has 9 heteroatoms. The van der Waals surface area contributed by atoms with Crippen LogP contribution in [0.2, 0.25) is 0 Å².